The number of aromatic nitrogens is 1. The molecule has 102 valence electrons. The molecule has 19 heavy (non-hydrogen) atoms. The molecule has 6 heteroatoms. The average Bonchev–Trinajstić information content (AvgIpc) is 2.94. The first-order valence-electron chi connectivity index (χ1n) is 6.14. The number of nitrogens with zero attached hydrogens (tertiary/aromatic N) is 2. The van der Waals surface area contributed by atoms with Crippen molar-refractivity contribution < 1.29 is 9.84 Å². The zero-order valence-electron chi connectivity index (χ0n) is 10.5. The summed E-state index contributed by atoms with van der Waals surface area (Å²) in [5, 5.41) is 10.3. The summed E-state index contributed by atoms with van der Waals surface area (Å²) in [6, 6.07) is 5.93. The van der Waals surface area contributed by atoms with Crippen LogP contribution >= 0.6 is 22.9 Å². The summed E-state index contributed by atoms with van der Waals surface area (Å²) < 4.78 is 6.42. The fourth-order valence-corrected chi connectivity index (χ4v) is 3.56. The van der Waals surface area contributed by atoms with Gasteiger partial charge in [0.1, 0.15) is 5.15 Å². The van der Waals surface area contributed by atoms with Crippen molar-refractivity contribution in [1.29, 1.82) is 0 Å². The lowest BCUT2D eigenvalue weighted by Crippen LogP contribution is -2.39. The molecule has 1 N–H and O–H groups in total. The Bertz CT molecular complexity index is 589. The van der Waals surface area contributed by atoms with Crippen LogP contribution in [0.3, 0.4) is 0 Å². The zero-order valence-corrected chi connectivity index (χ0v) is 12.1. The molecule has 0 aromatic carbocycles. The molecule has 0 unspecified atom stereocenters. The number of halogens is 1. The van der Waals surface area contributed by atoms with Crippen LogP contribution in [0.25, 0.3) is 10.2 Å². The molecule has 0 saturated carbocycles. The second kappa shape index (κ2) is 5.34. The third-order valence-corrected chi connectivity index (χ3v) is 4.67. The van der Waals surface area contributed by atoms with Crippen LogP contribution in [0.4, 0.5) is 0 Å². The topological polar surface area (TPSA) is 45.6 Å². The molecular formula is C13H15ClN2O2S. The standard InChI is InChI=1S/C13H15ClN2O2S/c1-16(10-6-18-7-11(10)17)5-8-4-9-12(19-8)2-3-13(14)15-9/h2-4,10-11,17H,5-7H2,1H3/t10-,11-/m1/s1. The highest BCUT2D eigenvalue weighted by atomic mass is 35.5. The van der Waals surface area contributed by atoms with Gasteiger partial charge in [-0.1, -0.05) is 11.6 Å². The van der Waals surface area contributed by atoms with E-state index in [0.29, 0.717) is 18.4 Å². The largest absolute Gasteiger partial charge is 0.389 e. The smallest absolute Gasteiger partial charge is 0.129 e. The summed E-state index contributed by atoms with van der Waals surface area (Å²) in [7, 11) is 2.01. The first-order valence-corrected chi connectivity index (χ1v) is 7.34. The Hall–Kier alpha value is -0.720. The van der Waals surface area contributed by atoms with Crippen LogP contribution in [-0.4, -0.2) is 47.4 Å². The van der Waals surface area contributed by atoms with Crippen molar-refractivity contribution in [3.05, 3.63) is 28.2 Å². The third-order valence-electron chi connectivity index (χ3n) is 3.38. The van der Waals surface area contributed by atoms with Crippen LogP contribution in [0.15, 0.2) is 18.2 Å². The fraction of sp³-hybridized carbons (Fsp3) is 0.462. The van der Waals surface area contributed by atoms with E-state index in [4.69, 9.17) is 16.3 Å². The van der Waals surface area contributed by atoms with Crippen molar-refractivity contribution in [2.24, 2.45) is 0 Å². The molecule has 0 radical (unpaired) electrons. The normalized spacial score (nSPS) is 23.6. The highest BCUT2D eigenvalue weighted by molar-refractivity contribution is 7.19. The van der Waals surface area contributed by atoms with Gasteiger partial charge in [0.2, 0.25) is 0 Å². The first kappa shape index (κ1) is 13.3. The first-order chi connectivity index (χ1) is 9.13. The molecule has 3 rings (SSSR count). The summed E-state index contributed by atoms with van der Waals surface area (Å²) in [5.41, 5.74) is 0.934. The number of hydrogen-bond donors (Lipinski definition) is 1. The lowest BCUT2D eigenvalue weighted by atomic mass is 10.2. The number of hydrogen-bond acceptors (Lipinski definition) is 5. The molecule has 0 aliphatic carbocycles. The second-order valence-electron chi connectivity index (χ2n) is 4.82. The molecule has 0 bridgehead atoms. The lowest BCUT2D eigenvalue weighted by molar-refractivity contribution is 0.0930. The summed E-state index contributed by atoms with van der Waals surface area (Å²) in [6.07, 6.45) is -0.396. The van der Waals surface area contributed by atoms with Crippen LogP contribution in [0.5, 0.6) is 0 Å². The van der Waals surface area contributed by atoms with Crippen molar-refractivity contribution in [1.82, 2.24) is 9.88 Å². The summed E-state index contributed by atoms with van der Waals surface area (Å²) in [4.78, 5) is 7.64. The van der Waals surface area contributed by atoms with E-state index in [1.165, 1.54) is 4.88 Å². The summed E-state index contributed by atoms with van der Waals surface area (Å²) in [5.74, 6) is 0. The predicted octanol–water partition coefficient (Wildman–Crippen LogP) is 2.14. The number of aliphatic hydroxyl groups excluding tert-OH is 1. The predicted molar refractivity (Wildman–Crippen MR) is 76.7 cm³/mol. The number of thiophene rings is 1. The second-order valence-corrected chi connectivity index (χ2v) is 6.37. The minimum atomic E-state index is -0.396. The van der Waals surface area contributed by atoms with Gasteiger partial charge in [-0.15, -0.1) is 11.3 Å². The van der Waals surface area contributed by atoms with Gasteiger partial charge in [0.05, 0.1) is 35.6 Å². The van der Waals surface area contributed by atoms with Gasteiger partial charge in [-0.3, -0.25) is 4.90 Å². The van der Waals surface area contributed by atoms with Crippen LogP contribution in [0.1, 0.15) is 4.88 Å². The van der Waals surface area contributed by atoms with Crippen molar-refractivity contribution in [2.45, 2.75) is 18.7 Å². The van der Waals surface area contributed by atoms with Gasteiger partial charge in [-0.25, -0.2) is 4.98 Å². The van der Waals surface area contributed by atoms with Crippen molar-refractivity contribution in [2.75, 3.05) is 20.3 Å². The van der Waals surface area contributed by atoms with E-state index >= 15 is 0 Å². The quantitative estimate of drug-likeness (QED) is 0.882. The molecule has 1 aliphatic heterocycles. The number of pyridine rings is 1. The monoisotopic (exact) mass is 298 g/mol. The van der Waals surface area contributed by atoms with E-state index < -0.39 is 6.10 Å². The molecule has 0 spiro atoms. The maximum atomic E-state index is 9.82. The Morgan fingerprint density at radius 1 is 1.53 bits per heavy atom. The van der Waals surface area contributed by atoms with E-state index in [-0.39, 0.29) is 6.04 Å². The van der Waals surface area contributed by atoms with E-state index in [0.717, 1.165) is 16.8 Å². The molecule has 0 amide bonds. The Morgan fingerprint density at radius 2 is 2.37 bits per heavy atom. The zero-order chi connectivity index (χ0) is 13.4. The molecule has 2 aromatic rings. The molecule has 2 aromatic heterocycles. The molecule has 1 aliphatic rings. The van der Waals surface area contributed by atoms with Gasteiger partial charge in [0.25, 0.3) is 0 Å². The van der Waals surface area contributed by atoms with E-state index in [1.807, 2.05) is 19.2 Å². The number of rotatable bonds is 3. The maximum absolute atomic E-state index is 9.82. The minimum Gasteiger partial charge on any atom is -0.389 e. The Morgan fingerprint density at radius 3 is 3.11 bits per heavy atom. The maximum Gasteiger partial charge on any atom is 0.129 e. The molecule has 1 saturated heterocycles. The Labute approximate surface area is 120 Å². The molecule has 4 nitrogen and oxygen atoms in total. The van der Waals surface area contributed by atoms with Gasteiger partial charge in [0, 0.05) is 11.4 Å². The highest BCUT2D eigenvalue weighted by Gasteiger charge is 2.29. The van der Waals surface area contributed by atoms with Gasteiger partial charge in [-0.2, -0.15) is 0 Å². The molecule has 2 atom stereocenters. The van der Waals surface area contributed by atoms with Crippen LogP contribution in [-0.2, 0) is 11.3 Å². The Kier molecular flexibility index (Phi) is 3.73. The van der Waals surface area contributed by atoms with Gasteiger partial charge < -0.3 is 9.84 Å². The number of likely N-dealkylation sites (N-methyl/N-ethyl adjacent to an activating group) is 1. The van der Waals surface area contributed by atoms with Crippen molar-refractivity contribution >= 4 is 33.2 Å². The van der Waals surface area contributed by atoms with E-state index in [9.17, 15) is 5.11 Å². The van der Waals surface area contributed by atoms with Crippen molar-refractivity contribution in [3.8, 4) is 0 Å². The molecule has 3 heterocycles. The average molecular weight is 299 g/mol. The Balaban J connectivity index is 1.77. The van der Waals surface area contributed by atoms with Gasteiger partial charge >= 0.3 is 0 Å². The number of aliphatic hydroxyl groups is 1. The van der Waals surface area contributed by atoms with E-state index in [2.05, 4.69) is 16.0 Å². The van der Waals surface area contributed by atoms with Gasteiger partial charge in [0.15, 0.2) is 0 Å². The molecular weight excluding hydrogens is 284 g/mol. The molecule has 1 fully saturated rings. The number of fused-ring (bicyclic) bond motifs is 1. The summed E-state index contributed by atoms with van der Waals surface area (Å²) in [6.45, 7) is 1.80. The lowest BCUT2D eigenvalue weighted by Gasteiger charge is -2.24. The van der Waals surface area contributed by atoms with Crippen LogP contribution in [0, 0.1) is 0 Å². The van der Waals surface area contributed by atoms with Crippen molar-refractivity contribution in [3.63, 3.8) is 0 Å². The highest BCUT2D eigenvalue weighted by Crippen LogP contribution is 2.27. The van der Waals surface area contributed by atoms with Crippen LogP contribution < -0.4 is 0 Å². The van der Waals surface area contributed by atoms with Crippen LogP contribution in [0.2, 0.25) is 5.15 Å². The third kappa shape index (κ3) is 2.75. The minimum absolute atomic E-state index is 0.0711. The SMILES string of the molecule is CN(Cc1cc2nc(Cl)ccc2s1)[C@@H]1COC[C@H]1O. The van der Waals surface area contributed by atoms with E-state index in [1.54, 1.807) is 11.3 Å². The summed E-state index contributed by atoms with van der Waals surface area (Å²) >= 11 is 7.60. The fourth-order valence-electron chi connectivity index (χ4n) is 2.34. The number of ether oxygens (including phenoxy) is 1. The van der Waals surface area contributed by atoms with Gasteiger partial charge in [-0.05, 0) is 25.2 Å².